The lowest BCUT2D eigenvalue weighted by molar-refractivity contribution is -0.157. The van der Waals surface area contributed by atoms with Crippen LogP contribution in [0, 0.1) is 17.3 Å². The maximum atomic E-state index is 13.5. The molecule has 0 atom stereocenters. The second-order valence-electron chi connectivity index (χ2n) is 12.5. The molecule has 232 valence electrons. The van der Waals surface area contributed by atoms with Crippen LogP contribution in [0.3, 0.4) is 0 Å². The number of hydrogen-bond donors (Lipinski definition) is 1. The van der Waals surface area contributed by atoms with Gasteiger partial charge in [-0.25, -0.2) is 9.36 Å². The molecular weight excluding hydrogens is 578 g/mol. The van der Waals surface area contributed by atoms with E-state index < -0.39 is 29.4 Å². The SMILES string of the molecule is CCCCNC(=O)Cn1cc(C#Cc2ccc3c4cccc5cccc(c6cccc2c63)c54)c(=O)n(COC(=O)C(C)(C)C)c1=O. The molecule has 0 unspecified atom stereocenters. The van der Waals surface area contributed by atoms with Crippen LogP contribution in [0.1, 0.15) is 51.7 Å². The summed E-state index contributed by atoms with van der Waals surface area (Å²) in [5, 5.41) is 11.8. The van der Waals surface area contributed by atoms with Crippen molar-refractivity contribution in [1.29, 1.82) is 0 Å². The molecule has 0 radical (unpaired) electrons. The molecule has 0 aliphatic carbocycles. The van der Waals surface area contributed by atoms with E-state index in [2.05, 4.69) is 65.7 Å². The number of rotatable bonds is 7. The molecule has 1 aromatic heterocycles. The van der Waals surface area contributed by atoms with E-state index in [-0.39, 0.29) is 18.0 Å². The molecule has 0 fully saturated rings. The Morgan fingerprint density at radius 3 is 2.09 bits per heavy atom. The van der Waals surface area contributed by atoms with Gasteiger partial charge in [0.1, 0.15) is 12.1 Å². The van der Waals surface area contributed by atoms with Crippen LogP contribution in [0.15, 0.2) is 82.5 Å². The number of nitrogens with zero attached hydrogens (tertiary/aromatic N) is 2. The first-order valence-electron chi connectivity index (χ1n) is 15.5. The summed E-state index contributed by atoms with van der Waals surface area (Å²) < 4.78 is 7.27. The number of carbonyl (C=O) groups is 2. The van der Waals surface area contributed by atoms with E-state index in [9.17, 15) is 19.2 Å². The van der Waals surface area contributed by atoms with Gasteiger partial charge in [-0.2, -0.15) is 0 Å². The number of nitrogens with one attached hydrogen (secondary N) is 1. The number of carbonyl (C=O) groups excluding carboxylic acids is 2. The van der Waals surface area contributed by atoms with Crippen molar-refractivity contribution in [1.82, 2.24) is 14.5 Å². The molecule has 1 heterocycles. The maximum absolute atomic E-state index is 13.5. The zero-order valence-corrected chi connectivity index (χ0v) is 26.4. The van der Waals surface area contributed by atoms with Gasteiger partial charge < -0.3 is 10.1 Å². The molecule has 0 aliphatic heterocycles. The Bertz CT molecular complexity index is 2280. The van der Waals surface area contributed by atoms with E-state index in [0.717, 1.165) is 54.3 Å². The third kappa shape index (κ3) is 5.61. The fourth-order valence-corrected chi connectivity index (χ4v) is 5.81. The van der Waals surface area contributed by atoms with Gasteiger partial charge in [-0.05, 0) is 76.3 Å². The highest BCUT2D eigenvalue weighted by Gasteiger charge is 2.24. The Kier molecular flexibility index (Phi) is 8.09. The van der Waals surface area contributed by atoms with Crippen LogP contribution in [-0.2, 0) is 27.6 Å². The van der Waals surface area contributed by atoms with Crippen LogP contribution < -0.4 is 16.6 Å². The van der Waals surface area contributed by atoms with Crippen molar-refractivity contribution in [2.75, 3.05) is 6.54 Å². The second kappa shape index (κ2) is 12.2. The molecule has 0 aliphatic rings. The van der Waals surface area contributed by atoms with Crippen molar-refractivity contribution < 1.29 is 14.3 Å². The lowest BCUT2D eigenvalue weighted by atomic mass is 9.88. The summed E-state index contributed by atoms with van der Waals surface area (Å²) in [6, 6.07) is 22.8. The van der Waals surface area contributed by atoms with Crippen LogP contribution in [0.25, 0.3) is 43.1 Å². The lowest BCUT2D eigenvalue weighted by Gasteiger charge is -2.17. The minimum absolute atomic E-state index is 0.00311. The van der Waals surface area contributed by atoms with Gasteiger partial charge in [-0.15, -0.1) is 0 Å². The minimum Gasteiger partial charge on any atom is -0.443 e. The summed E-state index contributed by atoms with van der Waals surface area (Å²) in [6.07, 6.45) is 3.01. The first-order valence-corrected chi connectivity index (χ1v) is 15.5. The fourth-order valence-electron chi connectivity index (χ4n) is 5.81. The molecule has 8 heteroatoms. The zero-order valence-electron chi connectivity index (χ0n) is 26.4. The summed E-state index contributed by atoms with van der Waals surface area (Å²) in [7, 11) is 0. The Labute approximate surface area is 265 Å². The van der Waals surface area contributed by atoms with Crippen molar-refractivity contribution in [3.63, 3.8) is 0 Å². The molecule has 1 amide bonds. The average Bonchev–Trinajstić information content (AvgIpc) is 3.04. The smallest absolute Gasteiger partial charge is 0.334 e. The van der Waals surface area contributed by atoms with E-state index in [1.165, 1.54) is 17.0 Å². The molecule has 0 bridgehead atoms. The van der Waals surface area contributed by atoms with Gasteiger partial charge >= 0.3 is 11.7 Å². The van der Waals surface area contributed by atoms with Gasteiger partial charge in [-0.1, -0.05) is 85.8 Å². The Hall–Kier alpha value is -5.42. The summed E-state index contributed by atoms with van der Waals surface area (Å²) in [6.45, 7) is 6.63. The number of unbranched alkanes of at least 4 members (excludes halogenated alkanes) is 1. The van der Waals surface area contributed by atoms with E-state index in [4.69, 9.17) is 4.74 Å². The normalized spacial score (nSPS) is 11.7. The monoisotopic (exact) mass is 613 g/mol. The standard InChI is InChI=1S/C38H35N3O5/c1-5-6-20-39-32(42)22-40-21-26(35(43)41(37(40)45)23-46-36(44)38(2,3)4)17-16-24-18-19-31-29-14-8-11-25-10-7-13-28(33(25)29)30-15-9-12-27(24)34(30)31/h7-15,18-19,21H,5-6,20,22-23H2,1-4H3,(H,39,42). The number of hydrogen-bond acceptors (Lipinski definition) is 5. The highest BCUT2D eigenvalue weighted by molar-refractivity contribution is 6.33. The minimum atomic E-state index is -0.833. The summed E-state index contributed by atoms with van der Waals surface area (Å²) in [4.78, 5) is 52.0. The fraction of sp³-hybridized carbons (Fsp3) is 0.263. The van der Waals surface area contributed by atoms with Crippen LogP contribution in [0.2, 0.25) is 0 Å². The van der Waals surface area contributed by atoms with E-state index in [1.807, 2.05) is 25.1 Å². The zero-order chi connectivity index (χ0) is 32.6. The molecule has 0 saturated heterocycles. The first kappa shape index (κ1) is 30.6. The molecule has 46 heavy (non-hydrogen) atoms. The van der Waals surface area contributed by atoms with Gasteiger partial charge in [0.25, 0.3) is 5.56 Å². The number of fused-ring (bicyclic) bond motifs is 2. The summed E-state index contributed by atoms with van der Waals surface area (Å²) >= 11 is 0. The van der Waals surface area contributed by atoms with Crippen molar-refractivity contribution in [2.24, 2.45) is 5.41 Å². The van der Waals surface area contributed by atoms with E-state index in [0.29, 0.717) is 12.1 Å². The number of aromatic nitrogens is 2. The average molecular weight is 614 g/mol. The van der Waals surface area contributed by atoms with Gasteiger partial charge in [-0.3, -0.25) is 19.0 Å². The second-order valence-corrected chi connectivity index (χ2v) is 12.5. The lowest BCUT2D eigenvalue weighted by Crippen LogP contribution is -2.44. The number of amides is 1. The molecule has 1 N–H and O–H groups in total. The van der Waals surface area contributed by atoms with E-state index >= 15 is 0 Å². The highest BCUT2D eigenvalue weighted by Crippen LogP contribution is 2.40. The number of benzene rings is 5. The van der Waals surface area contributed by atoms with Gasteiger partial charge in [0, 0.05) is 18.3 Å². The topological polar surface area (TPSA) is 99.4 Å². The van der Waals surface area contributed by atoms with Crippen molar-refractivity contribution in [3.8, 4) is 11.8 Å². The van der Waals surface area contributed by atoms with Crippen LogP contribution in [0.5, 0.6) is 0 Å². The number of esters is 1. The third-order valence-corrected chi connectivity index (χ3v) is 8.20. The van der Waals surface area contributed by atoms with E-state index in [1.54, 1.807) is 20.8 Å². The van der Waals surface area contributed by atoms with Crippen molar-refractivity contribution in [3.05, 3.63) is 105 Å². The van der Waals surface area contributed by atoms with Gasteiger partial charge in [0.05, 0.1) is 5.41 Å². The van der Waals surface area contributed by atoms with Crippen LogP contribution in [-0.4, -0.2) is 27.6 Å². The molecule has 0 spiro atoms. The quantitative estimate of drug-likeness (QED) is 0.0792. The predicted octanol–water partition coefficient (Wildman–Crippen LogP) is 5.92. The summed E-state index contributed by atoms with van der Waals surface area (Å²) in [5.41, 5.74) is -1.59. The van der Waals surface area contributed by atoms with Crippen molar-refractivity contribution in [2.45, 2.75) is 53.8 Å². The Morgan fingerprint density at radius 1 is 0.804 bits per heavy atom. The van der Waals surface area contributed by atoms with Crippen LogP contribution >= 0.6 is 0 Å². The summed E-state index contributed by atoms with van der Waals surface area (Å²) in [5.74, 6) is 5.20. The van der Waals surface area contributed by atoms with Crippen molar-refractivity contribution >= 4 is 55.0 Å². The molecule has 5 aromatic carbocycles. The molecule has 8 nitrogen and oxygen atoms in total. The molecule has 6 rings (SSSR count). The van der Waals surface area contributed by atoms with Gasteiger partial charge in [0.15, 0.2) is 6.73 Å². The number of ether oxygens (including phenoxy) is 1. The highest BCUT2D eigenvalue weighted by atomic mass is 16.5. The Balaban J connectivity index is 1.47. The maximum Gasteiger partial charge on any atom is 0.334 e. The predicted molar refractivity (Wildman–Crippen MR) is 182 cm³/mol. The molecule has 6 aromatic rings. The Morgan fingerprint density at radius 2 is 1.41 bits per heavy atom. The largest absolute Gasteiger partial charge is 0.443 e. The first-order chi connectivity index (χ1) is 22.1. The molecular formula is C38H35N3O5. The molecule has 0 saturated carbocycles. The van der Waals surface area contributed by atoms with Crippen LogP contribution in [0.4, 0.5) is 0 Å². The van der Waals surface area contributed by atoms with Gasteiger partial charge in [0.2, 0.25) is 5.91 Å². The third-order valence-electron chi connectivity index (χ3n) is 8.20.